The minimum atomic E-state index is -1.11. The second-order valence-corrected chi connectivity index (χ2v) is 4.24. The number of aliphatic hydroxyl groups is 1. The molecule has 0 bridgehead atoms. The molecule has 0 aliphatic heterocycles. The van der Waals surface area contributed by atoms with E-state index in [0.717, 1.165) is 0 Å². The van der Waals surface area contributed by atoms with Gasteiger partial charge in [0.1, 0.15) is 0 Å². The maximum Gasteiger partial charge on any atom is 0.305 e. The number of amides is 1. The maximum atomic E-state index is 11.3. The molecule has 1 unspecified atom stereocenters. The SMILES string of the molecule is CC(C)(CO)CNC(=O)C(N)CC(=O)O. The molecule has 0 aliphatic rings. The molecule has 1 amide bonds. The first-order valence-corrected chi connectivity index (χ1v) is 4.64. The van der Waals surface area contributed by atoms with Gasteiger partial charge in [-0.05, 0) is 0 Å². The standard InChI is InChI=1S/C9H18N2O4/c1-9(2,5-12)4-11-8(15)6(10)3-7(13)14/h6,12H,3-5,10H2,1-2H3,(H,11,15)(H,13,14). The Balaban J connectivity index is 3.98. The van der Waals surface area contributed by atoms with Crippen LogP contribution in [0.4, 0.5) is 0 Å². The van der Waals surface area contributed by atoms with E-state index in [1.54, 1.807) is 13.8 Å². The predicted octanol–water partition coefficient (Wildman–Crippen LogP) is -1.08. The quantitative estimate of drug-likeness (QED) is 0.453. The van der Waals surface area contributed by atoms with Gasteiger partial charge in [-0.2, -0.15) is 0 Å². The van der Waals surface area contributed by atoms with E-state index in [-0.39, 0.29) is 13.2 Å². The van der Waals surface area contributed by atoms with Crippen molar-refractivity contribution in [2.45, 2.75) is 26.3 Å². The third-order valence-electron chi connectivity index (χ3n) is 1.90. The summed E-state index contributed by atoms with van der Waals surface area (Å²) in [4.78, 5) is 21.5. The number of rotatable bonds is 6. The fourth-order valence-corrected chi connectivity index (χ4v) is 0.794. The predicted molar refractivity (Wildman–Crippen MR) is 54.1 cm³/mol. The van der Waals surface area contributed by atoms with Crippen molar-refractivity contribution in [3.8, 4) is 0 Å². The van der Waals surface area contributed by atoms with Gasteiger partial charge < -0.3 is 21.3 Å². The van der Waals surface area contributed by atoms with Crippen molar-refractivity contribution in [2.75, 3.05) is 13.2 Å². The third-order valence-corrected chi connectivity index (χ3v) is 1.90. The largest absolute Gasteiger partial charge is 0.481 e. The van der Waals surface area contributed by atoms with E-state index in [9.17, 15) is 9.59 Å². The number of carboxylic acids is 1. The lowest BCUT2D eigenvalue weighted by molar-refractivity contribution is -0.139. The molecule has 0 rings (SSSR count). The van der Waals surface area contributed by atoms with Crippen molar-refractivity contribution in [3.63, 3.8) is 0 Å². The van der Waals surface area contributed by atoms with Gasteiger partial charge in [-0.3, -0.25) is 9.59 Å². The van der Waals surface area contributed by atoms with Crippen LogP contribution in [-0.2, 0) is 9.59 Å². The number of nitrogens with one attached hydrogen (secondary N) is 1. The highest BCUT2D eigenvalue weighted by Gasteiger charge is 2.21. The molecule has 0 fully saturated rings. The number of aliphatic carboxylic acids is 1. The molecule has 88 valence electrons. The summed E-state index contributed by atoms with van der Waals surface area (Å²) in [5.41, 5.74) is 4.90. The highest BCUT2D eigenvalue weighted by molar-refractivity contribution is 5.85. The minimum absolute atomic E-state index is 0.0680. The van der Waals surface area contributed by atoms with E-state index in [2.05, 4.69) is 5.32 Å². The molecule has 0 spiro atoms. The molecule has 6 heteroatoms. The van der Waals surface area contributed by atoms with Gasteiger partial charge in [0.25, 0.3) is 0 Å². The minimum Gasteiger partial charge on any atom is -0.481 e. The lowest BCUT2D eigenvalue weighted by atomic mass is 9.95. The number of hydrogen-bond donors (Lipinski definition) is 4. The van der Waals surface area contributed by atoms with Crippen LogP contribution in [0.1, 0.15) is 20.3 Å². The van der Waals surface area contributed by atoms with Crippen molar-refractivity contribution in [2.24, 2.45) is 11.1 Å². The van der Waals surface area contributed by atoms with Crippen LogP contribution in [0.2, 0.25) is 0 Å². The molecular formula is C9H18N2O4. The molecule has 0 saturated heterocycles. The monoisotopic (exact) mass is 218 g/mol. The Labute approximate surface area is 88.5 Å². The van der Waals surface area contributed by atoms with Gasteiger partial charge in [-0.1, -0.05) is 13.8 Å². The van der Waals surface area contributed by atoms with Crippen LogP contribution in [0.3, 0.4) is 0 Å². The molecule has 15 heavy (non-hydrogen) atoms. The zero-order chi connectivity index (χ0) is 12.1. The smallest absolute Gasteiger partial charge is 0.305 e. The molecule has 6 nitrogen and oxygen atoms in total. The first kappa shape index (κ1) is 13.9. The molecule has 1 atom stereocenters. The van der Waals surface area contributed by atoms with E-state index >= 15 is 0 Å². The lowest BCUT2D eigenvalue weighted by Crippen LogP contribution is -2.45. The van der Waals surface area contributed by atoms with Gasteiger partial charge in [0, 0.05) is 18.6 Å². The number of nitrogens with two attached hydrogens (primary N) is 1. The summed E-state index contributed by atoms with van der Waals surface area (Å²) in [6.45, 7) is 3.74. The average Bonchev–Trinajstić information content (AvgIpc) is 2.13. The van der Waals surface area contributed by atoms with Crippen molar-refractivity contribution >= 4 is 11.9 Å². The summed E-state index contributed by atoms with van der Waals surface area (Å²) in [5, 5.41) is 19.8. The molecule has 5 N–H and O–H groups in total. The molecule has 0 aromatic carbocycles. The number of carboxylic acid groups (broad SMARTS) is 1. The Morgan fingerprint density at radius 2 is 2.00 bits per heavy atom. The Hall–Kier alpha value is -1.14. The molecular weight excluding hydrogens is 200 g/mol. The van der Waals surface area contributed by atoms with Crippen LogP contribution < -0.4 is 11.1 Å². The Morgan fingerprint density at radius 3 is 2.40 bits per heavy atom. The van der Waals surface area contributed by atoms with Gasteiger partial charge in [0.05, 0.1) is 12.5 Å². The van der Waals surface area contributed by atoms with Crippen LogP contribution in [0.25, 0.3) is 0 Å². The van der Waals surface area contributed by atoms with Gasteiger partial charge >= 0.3 is 5.97 Å². The first-order chi connectivity index (χ1) is 6.78. The summed E-state index contributed by atoms with van der Waals surface area (Å²) in [5.74, 6) is -1.63. The third kappa shape index (κ3) is 6.03. The second kappa shape index (κ2) is 5.67. The number of hydrogen-bond acceptors (Lipinski definition) is 4. The van der Waals surface area contributed by atoms with Crippen molar-refractivity contribution < 1.29 is 19.8 Å². The van der Waals surface area contributed by atoms with E-state index in [1.165, 1.54) is 0 Å². The van der Waals surface area contributed by atoms with Crippen LogP contribution in [-0.4, -0.2) is 41.3 Å². The summed E-state index contributed by atoms with van der Waals surface area (Å²) >= 11 is 0. The summed E-state index contributed by atoms with van der Waals surface area (Å²) in [6.07, 6.45) is -0.397. The van der Waals surface area contributed by atoms with Gasteiger partial charge in [-0.25, -0.2) is 0 Å². The van der Waals surface area contributed by atoms with E-state index < -0.39 is 29.8 Å². The van der Waals surface area contributed by atoms with Gasteiger partial charge in [-0.15, -0.1) is 0 Å². The van der Waals surface area contributed by atoms with E-state index in [1.807, 2.05) is 0 Å². The van der Waals surface area contributed by atoms with Gasteiger partial charge in [0.2, 0.25) is 5.91 Å². The molecule has 0 aromatic heterocycles. The highest BCUT2D eigenvalue weighted by atomic mass is 16.4. The summed E-state index contributed by atoms with van der Waals surface area (Å²) < 4.78 is 0. The van der Waals surface area contributed by atoms with Crippen LogP contribution in [0.15, 0.2) is 0 Å². The van der Waals surface area contributed by atoms with Crippen molar-refractivity contribution in [1.82, 2.24) is 5.32 Å². The van der Waals surface area contributed by atoms with Crippen LogP contribution in [0.5, 0.6) is 0 Å². The van der Waals surface area contributed by atoms with E-state index in [4.69, 9.17) is 15.9 Å². The second-order valence-electron chi connectivity index (χ2n) is 4.24. The number of carbonyl (C=O) groups is 2. The Bertz CT molecular complexity index is 240. The number of carbonyl (C=O) groups excluding carboxylic acids is 1. The first-order valence-electron chi connectivity index (χ1n) is 4.64. The van der Waals surface area contributed by atoms with Crippen LogP contribution >= 0.6 is 0 Å². The number of aliphatic hydroxyl groups excluding tert-OH is 1. The molecule has 0 aliphatic carbocycles. The molecule has 0 heterocycles. The topological polar surface area (TPSA) is 113 Å². The van der Waals surface area contributed by atoms with Crippen molar-refractivity contribution in [1.29, 1.82) is 0 Å². The fourth-order valence-electron chi connectivity index (χ4n) is 0.794. The normalized spacial score (nSPS) is 13.3. The zero-order valence-corrected chi connectivity index (χ0v) is 8.99. The molecule has 0 saturated carbocycles. The summed E-state index contributed by atoms with van der Waals surface area (Å²) in [6, 6.07) is -1.04. The molecule has 0 aromatic rings. The maximum absolute atomic E-state index is 11.3. The molecule has 0 radical (unpaired) electrons. The van der Waals surface area contributed by atoms with Crippen molar-refractivity contribution in [3.05, 3.63) is 0 Å². The van der Waals surface area contributed by atoms with Crippen LogP contribution in [0, 0.1) is 5.41 Å². The average molecular weight is 218 g/mol. The zero-order valence-electron chi connectivity index (χ0n) is 8.99. The Morgan fingerprint density at radius 1 is 1.47 bits per heavy atom. The summed E-state index contributed by atoms with van der Waals surface area (Å²) in [7, 11) is 0. The van der Waals surface area contributed by atoms with Gasteiger partial charge in [0.15, 0.2) is 0 Å². The van der Waals surface area contributed by atoms with E-state index in [0.29, 0.717) is 0 Å². The Kier molecular flexibility index (Phi) is 5.24. The fraction of sp³-hybridized carbons (Fsp3) is 0.778. The lowest BCUT2D eigenvalue weighted by Gasteiger charge is -2.22. The highest BCUT2D eigenvalue weighted by Crippen LogP contribution is 2.11.